The lowest BCUT2D eigenvalue weighted by Gasteiger charge is -2.36. The lowest BCUT2D eigenvalue weighted by Crippen LogP contribution is -2.45. The van der Waals surface area contributed by atoms with Crippen LogP contribution >= 0.6 is 0 Å². The van der Waals surface area contributed by atoms with Gasteiger partial charge < -0.3 is 14.6 Å². The molecule has 23 heavy (non-hydrogen) atoms. The normalized spacial score (nSPS) is 18.4. The van der Waals surface area contributed by atoms with Gasteiger partial charge in [-0.2, -0.15) is 5.10 Å². The molecular weight excluding hydrogens is 294 g/mol. The molecule has 0 saturated carbocycles. The van der Waals surface area contributed by atoms with Gasteiger partial charge in [0.15, 0.2) is 0 Å². The number of oxazole rings is 1. The molecule has 2 aromatic heterocycles. The van der Waals surface area contributed by atoms with Crippen molar-refractivity contribution in [2.45, 2.75) is 45.2 Å². The molecular formula is C16H23N5O2. The minimum absolute atomic E-state index is 0.0520. The number of nitrogens with zero attached hydrogens (tertiary/aromatic N) is 4. The zero-order chi connectivity index (χ0) is 16.2. The molecule has 3 rings (SSSR count). The zero-order valence-electron chi connectivity index (χ0n) is 13.6. The third-order valence-electron chi connectivity index (χ3n) is 4.14. The van der Waals surface area contributed by atoms with E-state index in [1.165, 1.54) is 6.42 Å². The summed E-state index contributed by atoms with van der Waals surface area (Å²) in [6.07, 6.45) is 6.59. The molecule has 0 aromatic carbocycles. The molecule has 124 valence electrons. The molecule has 0 amide bonds. The van der Waals surface area contributed by atoms with Gasteiger partial charge in [-0.3, -0.25) is 4.79 Å². The SMILES string of the molecule is CC(C)n1nc(N2CCCCC2CNc2ncco2)ccc1=O. The summed E-state index contributed by atoms with van der Waals surface area (Å²) in [4.78, 5) is 18.3. The number of hydrogen-bond donors (Lipinski definition) is 1. The Morgan fingerprint density at radius 2 is 2.26 bits per heavy atom. The van der Waals surface area contributed by atoms with Gasteiger partial charge in [0.25, 0.3) is 11.6 Å². The van der Waals surface area contributed by atoms with Gasteiger partial charge in [0.1, 0.15) is 12.1 Å². The van der Waals surface area contributed by atoms with Crippen molar-refractivity contribution in [2.75, 3.05) is 23.3 Å². The lowest BCUT2D eigenvalue weighted by molar-refractivity contribution is 0.448. The first-order valence-electron chi connectivity index (χ1n) is 8.15. The molecule has 7 heteroatoms. The minimum atomic E-state index is -0.0600. The van der Waals surface area contributed by atoms with Gasteiger partial charge in [-0.1, -0.05) is 0 Å². The van der Waals surface area contributed by atoms with Crippen LogP contribution in [0.15, 0.2) is 33.8 Å². The van der Waals surface area contributed by atoms with Crippen molar-refractivity contribution in [3.63, 3.8) is 0 Å². The summed E-state index contributed by atoms with van der Waals surface area (Å²) in [7, 11) is 0. The van der Waals surface area contributed by atoms with E-state index in [0.717, 1.165) is 31.7 Å². The highest BCUT2D eigenvalue weighted by Crippen LogP contribution is 2.23. The highest BCUT2D eigenvalue weighted by Gasteiger charge is 2.24. The van der Waals surface area contributed by atoms with Gasteiger partial charge in [0.2, 0.25) is 0 Å². The topological polar surface area (TPSA) is 76.2 Å². The summed E-state index contributed by atoms with van der Waals surface area (Å²) in [6, 6.07) is 4.33. The first-order valence-corrected chi connectivity index (χ1v) is 8.15. The highest BCUT2D eigenvalue weighted by molar-refractivity contribution is 5.39. The average molecular weight is 317 g/mol. The van der Waals surface area contributed by atoms with Crippen LogP contribution in [0.5, 0.6) is 0 Å². The minimum Gasteiger partial charge on any atom is -0.432 e. The highest BCUT2D eigenvalue weighted by atomic mass is 16.4. The van der Waals surface area contributed by atoms with E-state index in [0.29, 0.717) is 12.1 Å². The van der Waals surface area contributed by atoms with Crippen molar-refractivity contribution < 1.29 is 4.42 Å². The average Bonchev–Trinajstić information content (AvgIpc) is 3.07. The number of hydrogen-bond acceptors (Lipinski definition) is 6. The molecule has 0 radical (unpaired) electrons. The predicted molar refractivity (Wildman–Crippen MR) is 88.9 cm³/mol. The Hall–Kier alpha value is -2.31. The van der Waals surface area contributed by atoms with Crippen LogP contribution in [0.3, 0.4) is 0 Å². The van der Waals surface area contributed by atoms with Crippen molar-refractivity contribution in [3.05, 3.63) is 34.9 Å². The third-order valence-corrected chi connectivity index (χ3v) is 4.14. The van der Waals surface area contributed by atoms with Crippen molar-refractivity contribution in [1.29, 1.82) is 0 Å². The maximum atomic E-state index is 11.9. The first kappa shape index (κ1) is 15.6. The van der Waals surface area contributed by atoms with Gasteiger partial charge in [0.05, 0.1) is 12.2 Å². The summed E-state index contributed by atoms with van der Waals surface area (Å²) in [5.41, 5.74) is -0.0600. The van der Waals surface area contributed by atoms with Crippen LogP contribution in [-0.2, 0) is 0 Å². The molecule has 1 fully saturated rings. The molecule has 1 unspecified atom stereocenters. The van der Waals surface area contributed by atoms with E-state index in [1.807, 2.05) is 19.9 Å². The summed E-state index contributed by atoms with van der Waals surface area (Å²) in [6.45, 7) is 5.62. The van der Waals surface area contributed by atoms with E-state index in [4.69, 9.17) is 4.42 Å². The monoisotopic (exact) mass is 317 g/mol. The molecule has 2 aromatic rings. The van der Waals surface area contributed by atoms with E-state index in [1.54, 1.807) is 23.2 Å². The second-order valence-electron chi connectivity index (χ2n) is 6.13. The summed E-state index contributed by atoms with van der Waals surface area (Å²) in [5, 5.41) is 7.78. The Bertz CT molecular complexity index is 680. The lowest BCUT2D eigenvalue weighted by atomic mass is 10.0. The van der Waals surface area contributed by atoms with Crippen LogP contribution in [0.2, 0.25) is 0 Å². The van der Waals surface area contributed by atoms with E-state index in [2.05, 4.69) is 20.3 Å². The van der Waals surface area contributed by atoms with E-state index in [-0.39, 0.29) is 11.6 Å². The van der Waals surface area contributed by atoms with Gasteiger partial charge in [-0.05, 0) is 39.2 Å². The number of anilines is 2. The van der Waals surface area contributed by atoms with Gasteiger partial charge in [-0.25, -0.2) is 9.67 Å². The fourth-order valence-electron chi connectivity index (χ4n) is 2.97. The second-order valence-corrected chi connectivity index (χ2v) is 6.13. The fourth-order valence-corrected chi connectivity index (χ4v) is 2.97. The number of piperidine rings is 1. The summed E-state index contributed by atoms with van der Waals surface area (Å²) in [5.74, 6) is 0.859. The van der Waals surface area contributed by atoms with E-state index >= 15 is 0 Å². The van der Waals surface area contributed by atoms with Crippen LogP contribution in [-0.4, -0.2) is 33.9 Å². The summed E-state index contributed by atoms with van der Waals surface area (Å²) >= 11 is 0. The van der Waals surface area contributed by atoms with Gasteiger partial charge >= 0.3 is 0 Å². The molecule has 0 spiro atoms. The van der Waals surface area contributed by atoms with Crippen LogP contribution in [0.1, 0.15) is 39.2 Å². The standard InChI is InChI=1S/C16H23N5O2/c1-12(2)21-15(22)7-6-14(19-21)20-9-4-3-5-13(20)11-18-16-17-8-10-23-16/h6-8,10,12-13H,3-5,9,11H2,1-2H3,(H,17,18). The van der Waals surface area contributed by atoms with Crippen LogP contribution < -0.4 is 15.8 Å². The van der Waals surface area contributed by atoms with Crippen molar-refractivity contribution in [2.24, 2.45) is 0 Å². The van der Waals surface area contributed by atoms with Crippen molar-refractivity contribution >= 4 is 11.8 Å². The largest absolute Gasteiger partial charge is 0.432 e. The number of nitrogens with one attached hydrogen (secondary N) is 1. The second kappa shape index (κ2) is 6.85. The Balaban J connectivity index is 1.78. The van der Waals surface area contributed by atoms with E-state index in [9.17, 15) is 4.79 Å². The first-order chi connectivity index (χ1) is 11.1. The molecule has 7 nitrogen and oxygen atoms in total. The van der Waals surface area contributed by atoms with Crippen LogP contribution in [0, 0.1) is 0 Å². The molecule has 1 aliphatic heterocycles. The number of rotatable bonds is 5. The quantitative estimate of drug-likeness (QED) is 0.912. The number of aromatic nitrogens is 3. The molecule has 0 bridgehead atoms. The summed E-state index contributed by atoms with van der Waals surface area (Å²) < 4.78 is 6.77. The van der Waals surface area contributed by atoms with Gasteiger partial charge in [-0.15, -0.1) is 0 Å². The molecule has 1 N–H and O–H groups in total. The Morgan fingerprint density at radius 3 is 3.00 bits per heavy atom. The Labute approximate surface area is 135 Å². The van der Waals surface area contributed by atoms with E-state index < -0.39 is 0 Å². The van der Waals surface area contributed by atoms with Crippen LogP contribution in [0.25, 0.3) is 0 Å². The molecule has 0 aliphatic carbocycles. The zero-order valence-corrected chi connectivity index (χ0v) is 13.6. The Kier molecular flexibility index (Phi) is 4.64. The molecule has 3 heterocycles. The molecule has 1 saturated heterocycles. The van der Waals surface area contributed by atoms with Crippen molar-refractivity contribution in [1.82, 2.24) is 14.8 Å². The third kappa shape index (κ3) is 3.55. The van der Waals surface area contributed by atoms with Crippen molar-refractivity contribution in [3.8, 4) is 0 Å². The molecule has 1 atom stereocenters. The molecule has 1 aliphatic rings. The maximum Gasteiger partial charge on any atom is 0.294 e. The van der Waals surface area contributed by atoms with Crippen LogP contribution in [0.4, 0.5) is 11.8 Å². The van der Waals surface area contributed by atoms with Gasteiger partial charge in [0, 0.05) is 25.2 Å². The Morgan fingerprint density at radius 1 is 1.39 bits per heavy atom. The fraction of sp³-hybridized carbons (Fsp3) is 0.562. The predicted octanol–water partition coefficient (Wildman–Crippen LogP) is 2.28. The smallest absolute Gasteiger partial charge is 0.294 e. The maximum absolute atomic E-state index is 11.9.